The van der Waals surface area contributed by atoms with Crippen molar-refractivity contribution in [3.8, 4) is 0 Å². The van der Waals surface area contributed by atoms with E-state index >= 15 is 0 Å². The van der Waals surface area contributed by atoms with Gasteiger partial charge < -0.3 is 5.32 Å². The van der Waals surface area contributed by atoms with Gasteiger partial charge in [0.1, 0.15) is 0 Å². The molecule has 1 aromatic carbocycles. The summed E-state index contributed by atoms with van der Waals surface area (Å²) < 4.78 is 36.2. The second-order valence-electron chi connectivity index (χ2n) is 5.92. The fraction of sp³-hybridized carbons (Fsp3) is 0.250. The van der Waals surface area contributed by atoms with Crippen molar-refractivity contribution < 1.29 is 22.8 Å². The Kier molecular flexibility index (Phi) is 4.92. The summed E-state index contributed by atoms with van der Waals surface area (Å²) >= 11 is 6.01. The first-order valence-electron chi connectivity index (χ1n) is 7.73. The third-order valence-electron chi connectivity index (χ3n) is 3.94. The number of nitrogens with one attached hydrogen (secondary N) is 3. The average molecular weight is 400 g/mol. The maximum absolute atomic E-state index is 12.1. The molecule has 1 heterocycles. The summed E-state index contributed by atoms with van der Waals surface area (Å²) in [4.78, 5) is 30.4. The van der Waals surface area contributed by atoms with E-state index in [1.807, 2.05) is 18.2 Å². The van der Waals surface area contributed by atoms with Gasteiger partial charge in [0.05, 0.1) is 11.1 Å². The van der Waals surface area contributed by atoms with Gasteiger partial charge in [-0.05, 0) is 30.5 Å². The number of rotatable bonds is 4. The second-order valence-corrected chi connectivity index (χ2v) is 6.36. The number of hydrazine groups is 1. The molecule has 1 aliphatic carbocycles. The minimum atomic E-state index is -5.10. The van der Waals surface area contributed by atoms with Gasteiger partial charge in [0.2, 0.25) is 5.95 Å². The predicted octanol–water partition coefficient (Wildman–Crippen LogP) is 2.55. The quantitative estimate of drug-likeness (QED) is 0.687. The van der Waals surface area contributed by atoms with E-state index in [4.69, 9.17) is 11.6 Å². The van der Waals surface area contributed by atoms with Gasteiger partial charge in [0.25, 0.3) is 5.91 Å². The molecule has 0 unspecified atom stereocenters. The standard InChI is InChI=1S/C16H13ClF3N5O2/c17-11-3-1-2-10(6-11)15(4-5-15)23-14-21-7-9(8-22-14)12(26)24-25-13(27)16(18,19)20/h1-3,6-8H,4-5H2,(H,24,26)(H,25,27)(H,21,22,23). The molecule has 7 nitrogen and oxygen atoms in total. The van der Waals surface area contributed by atoms with Crippen LogP contribution in [0.25, 0.3) is 0 Å². The van der Waals surface area contributed by atoms with E-state index in [-0.39, 0.29) is 17.1 Å². The molecule has 1 aliphatic rings. The molecule has 11 heteroatoms. The van der Waals surface area contributed by atoms with Gasteiger partial charge in [-0.3, -0.25) is 20.4 Å². The van der Waals surface area contributed by atoms with Crippen molar-refractivity contribution in [1.29, 1.82) is 0 Å². The maximum atomic E-state index is 12.1. The number of carbonyl (C=O) groups excluding carboxylic acids is 2. The molecule has 0 atom stereocenters. The smallest absolute Gasteiger partial charge is 0.345 e. The summed E-state index contributed by atoms with van der Waals surface area (Å²) in [6.45, 7) is 0. The van der Waals surface area contributed by atoms with Crippen LogP contribution >= 0.6 is 11.6 Å². The zero-order valence-corrected chi connectivity index (χ0v) is 14.4. The Hall–Kier alpha value is -2.88. The monoisotopic (exact) mass is 399 g/mol. The summed E-state index contributed by atoms with van der Waals surface area (Å²) in [5.41, 5.74) is 3.44. The van der Waals surface area contributed by atoms with Gasteiger partial charge in [0, 0.05) is 17.4 Å². The molecule has 142 valence electrons. The van der Waals surface area contributed by atoms with Crippen LogP contribution < -0.4 is 16.2 Å². The molecule has 2 amide bonds. The zero-order chi connectivity index (χ0) is 19.7. The summed E-state index contributed by atoms with van der Waals surface area (Å²) in [6.07, 6.45) is -1.13. The van der Waals surface area contributed by atoms with Crippen LogP contribution in [0, 0.1) is 0 Å². The van der Waals surface area contributed by atoms with Gasteiger partial charge in [-0.15, -0.1) is 0 Å². The van der Waals surface area contributed by atoms with Crippen molar-refractivity contribution >= 4 is 29.4 Å². The number of anilines is 1. The average Bonchev–Trinajstić information content (AvgIpc) is 3.40. The topological polar surface area (TPSA) is 96.0 Å². The van der Waals surface area contributed by atoms with Crippen LogP contribution in [-0.4, -0.2) is 28.0 Å². The van der Waals surface area contributed by atoms with Crippen LogP contribution in [-0.2, 0) is 10.3 Å². The van der Waals surface area contributed by atoms with E-state index in [9.17, 15) is 22.8 Å². The number of nitrogens with zero attached hydrogens (tertiary/aromatic N) is 2. The lowest BCUT2D eigenvalue weighted by Gasteiger charge is -2.18. The molecule has 1 aromatic heterocycles. The van der Waals surface area contributed by atoms with E-state index in [2.05, 4.69) is 15.3 Å². The molecule has 0 radical (unpaired) electrons. The summed E-state index contributed by atoms with van der Waals surface area (Å²) in [6, 6.07) is 7.37. The molecule has 0 aliphatic heterocycles. The Morgan fingerprint density at radius 3 is 2.33 bits per heavy atom. The third-order valence-corrected chi connectivity index (χ3v) is 4.17. The van der Waals surface area contributed by atoms with Crippen molar-refractivity contribution in [2.45, 2.75) is 24.6 Å². The molecule has 27 heavy (non-hydrogen) atoms. The number of amides is 2. The number of alkyl halides is 3. The molecule has 3 rings (SSSR count). The van der Waals surface area contributed by atoms with E-state index in [1.165, 1.54) is 5.43 Å². The van der Waals surface area contributed by atoms with Crippen molar-refractivity contribution in [1.82, 2.24) is 20.8 Å². The summed E-state index contributed by atoms with van der Waals surface area (Å²) in [7, 11) is 0. The van der Waals surface area contributed by atoms with Crippen molar-refractivity contribution in [2.24, 2.45) is 0 Å². The Bertz CT molecular complexity index is 869. The SMILES string of the molecule is O=C(NNC(=O)C(F)(F)F)c1cnc(NC2(c3cccc(Cl)c3)CC2)nc1. The highest BCUT2D eigenvalue weighted by Crippen LogP contribution is 2.48. The lowest BCUT2D eigenvalue weighted by atomic mass is 10.1. The first kappa shape index (κ1) is 18.9. The van der Waals surface area contributed by atoms with Crippen LogP contribution in [0.2, 0.25) is 5.02 Å². The van der Waals surface area contributed by atoms with Gasteiger partial charge in [0.15, 0.2) is 0 Å². The summed E-state index contributed by atoms with van der Waals surface area (Å²) in [5.74, 6) is -3.01. The second kappa shape index (κ2) is 7.03. The Labute approximate surface area is 156 Å². The highest BCUT2D eigenvalue weighted by atomic mass is 35.5. The first-order valence-corrected chi connectivity index (χ1v) is 8.11. The minimum absolute atomic E-state index is 0.115. The zero-order valence-electron chi connectivity index (χ0n) is 13.6. The number of halogens is 4. The summed E-state index contributed by atoms with van der Waals surface area (Å²) in [5, 5.41) is 3.78. The van der Waals surface area contributed by atoms with E-state index in [1.54, 1.807) is 11.5 Å². The molecular formula is C16H13ClF3N5O2. The number of hydrogen-bond donors (Lipinski definition) is 3. The van der Waals surface area contributed by atoms with Crippen LogP contribution in [0.3, 0.4) is 0 Å². The molecule has 0 saturated heterocycles. The molecule has 2 aromatic rings. The van der Waals surface area contributed by atoms with Gasteiger partial charge in [-0.2, -0.15) is 13.2 Å². The van der Waals surface area contributed by atoms with Gasteiger partial charge in [-0.25, -0.2) is 9.97 Å². The molecular weight excluding hydrogens is 387 g/mol. The Morgan fingerprint density at radius 2 is 1.78 bits per heavy atom. The molecule has 1 saturated carbocycles. The number of hydrogen-bond acceptors (Lipinski definition) is 5. The third kappa shape index (κ3) is 4.45. The molecule has 1 fully saturated rings. The number of benzene rings is 1. The lowest BCUT2D eigenvalue weighted by molar-refractivity contribution is -0.174. The molecule has 0 bridgehead atoms. The van der Waals surface area contributed by atoms with Crippen LogP contribution in [0.1, 0.15) is 28.8 Å². The molecule has 3 N–H and O–H groups in total. The Morgan fingerprint density at radius 1 is 1.11 bits per heavy atom. The van der Waals surface area contributed by atoms with E-state index in [0.29, 0.717) is 5.02 Å². The van der Waals surface area contributed by atoms with E-state index < -0.39 is 18.0 Å². The number of aromatic nitrogens is 2. The van der Waals surface area contributed by atoms with Crippen LogP contribution in [0.15, 0.2) is 36.7 Å². The van der Waals surface area contributed by atoms with Gasteiger partial charge >= 0.3 is 12.1 Å². The maximum Gasteiger partial charge on any atom is 0.472 e. The molecule has 0 spiro atoms. The van der Waals surface area contributed by atoms with Crippen molar-refractivity contribution in [3.05, 3.63) is 52.8 Å². The fourth-order valence-electron chi connectivity index (χ4n) is 2.38. The van der Waals surface area contributed by atoms with Crippen molar-refractivity contribution in [2.75, 3.05) is 5.32 Å². The van der Waals surface area contributed by atoms with E-state index in [0.717, 1.165) is 30.8 Å². The fourth-order valence-corrected chi connectivity index (χ4v) is 2.57. The Balaban J connectivity index is 1.62. The van der Waals surface area contributed by atoms with Gasteiger partial charge in [-0.1, -0.05) is 23.7 Å². The normalized spacial score (nSPS) is 15.0. The largest absolute Gasteiger partial charge is 0.472 e. The lowest BCUT2D eigenvalue weighted by Crippen LogP contribution is -2.47. The van der Waals surface area contributed by atoms with Crippen molar-refractivity contribution in [3.63, 3.8) is 0 Å². The highest BCUT2D eigenvalue weighted by molar-refractivity contribution is 6.30. The first-order chi connectivity index (χ1) is 12.7. The predicted molar refractivity (Wildman–Crippen MR) is 89.7 cm³/mol. The van der Waals surface area contributed by atoms with Crippen LogP contribution in [0.4, 0.5) is 19.1 Å². The minimum Gasteiger partial charge on any atom is -0.345 e. The number of carbonyl (C=O) groups is 2. The highest BCUT2D eigenvalue weighted by Gasteiger charge is 2.45. The van der Waals surface area contributed by atoms with Crippen LogP contribution in [0.5, 0.6) is 0 Å².